The summed E-state index contributed by atoms with van der Waals surface area (Å²) in [6.45, 7) is 8.59. The smallest absolute Gasteiger partial charge is 0.119 e. The van der Waals surface area contributed by atoms with Crippen molar-refractivity contribution in [2.24, 2.45) is 11.8 Å². The fourth-order valence-electron chi connectivity index (χ4n) is 4.73. The lowest BCUT2D eigenvalue weighted by Crippen LogP contribution is -2.20. The summed E-state index contributed by atoms with van der Waals surface area (Å²) in [5.74, 6) is 2.12. The van der Waals surface area contributed by atoms with Gasteiger partial charge in [-0.05, 0) is 87.5 Å². The fourth-order valence-corrected chi connectivity index (χ4v) is 4.73. The zero-order valence-electron chi connectivity index (χ0n) is 16.7. The Morgan fingerprint density at radius 3 is 2.81 bits per heavy atom. The molecule has 0 aromatic heterocycles. The summed E-state index contributed by atoms with van der Waals surface area (Å²) in [7, 11) is 0. The molecule has 0 bridgehead atoms. The number of aliphatic hydroxyl groups is 1. The number of ether oxygens (including phenoxy) is 1. The molecule has 1 saturated carbocycles. The van der Waals surface area contributed by atoms with Crippen molar-refractivity contribution < 1.29 is 9.84 Å². The van der Waals surface area contributed by atoms with Crippen LogP contribution in [0.5, 0.6) is 0 Å². The van der Waals surface area contributed by atoms with E-state index in [0.29, 0.717) is 11.8 Å². The molecule has 2 nitrogen and oxygen atoms in total. The van der Waals surface area contributed by atoms with Crippen LogP contribution in [0.25, 0.3) is 0 Å². The number of aliphatic hydroxyl groups excluding tert-OH is 1. The summed E-state index contributed by atoms with van der Waals surface area (Å²) in [5.41, 5.74) is 3.81. The third-order valence-corrected chi connectivity index (χ3v) is 6.56. The van der Waals surface area contributed by atoms with Crippen LogP contribution in [-0.4, -0.2) is 17.3 Å². The van der Waals surface area contributed by atoms with Crippen molar-refractivity contribution in [3.63, 3.8) is 0 Å². The Morgan fingerprint density at radius 1 is 1.31 bits per heavy atom. The van der Waals surface area contributed by atoms with Gasteiger partial charge in [0, 0.05) is 5.92 Å². The maximum absolute atomic E-state index is 10.5. The van der Waals surface area contributed by atoms with E-state index in [1.54, 1.807) is 0 Å². The molecular formula is C24H36O2. The maximum Gasteiger partial charge on any atom is 0.119 e. The van der Waals surface area contributed by atoms with Gasteiger partial charge in [-0.2, -0.15) is 0 Å². The van der Waals surface area contributed by atoms with Crippen molar-refractivity contribution in [2.75, 3.05) is 0 Å². The number of rotatable bonds is 7. The average Bonchev–Trinajstić information content (AvgIpc) is 3.02. The van der Waals surface area contributed by atoms with E-state index >= 15 is 0 Å². The van der Waals surface area contributed by atoms with Gasteiger partial charge in [-0.3, -0.25) is 0 Å². The number of hydrogen-bond donors (Lipinski definition) is 1. The van der Waals surface area contributed by atoms with E-state index in [9.17, 15) is 5.11 Å². The number of allylic oxidation sites excluding steroid dienone is 4. The first-order valence-corrected chi connectivity index (χ1v) is 10.7. The van der Waals surface area contributed by atoms with Gasteiger partial charge in [-0.15, -0.1) is 0 Å². The van der Waals surface area contributed by atoms with Gasteiger partial charge in [-0.25, -0.2) is 0 Å². The highest BCUT2D eigenvalue weighted by molar-refractivity contribution is 5.40. The molecule has 0 radical (unpaired) electrons. The van der Waals surface area contributed by atoms with E-state index in [1.165, 1.54) is 43.3 Å². The molecule has 0 aromatic carbocycles. The monoisotopic (exact) mass is 356 g/mol. The molecule has 2 unspecified atom stereocenters. The second-order valence-electron chi connectivity index (χ2n) is 8.48. The zero-order chi connectivity index (χ0) is 18.5. The van der Waals surface area contributed by atoms with Crippen molar-refractivity contribution in [3.05, 3.63) is 47.3 Å². The average molecular weight is 357 g/mol. The summed E-state index contributed by atoms with van der Waals surface area (Å²) in [6, 6.07) is 0. The largest absolute Gasteiger partial charge is 0.490 e. The van der Waals surface area contributed by atoms with Crippen molar-refractivity contribution in [3.8, 4) is 0 Å². The Labute approximate surface area is 159 Å². The van der Waals surface area contributed by atoms with Crippen LogP contribution in [0.3, 0.4) is 0 Å². The minimum Gasteiger partial charge on any atom is -0.490 e. The highest BCUT2D eigenvalue weighted by Gasteiger charge is 2.28. The van der Waals surface area contributed by atoms with Crippen molar-refractivity contribution >= 4 is 0 Å². The van der Waals surface area contributed by atoms with Crippen LogP contribution >= 0.6 is 0 Å². The molecule has 2 aliphatic carbocycles. The topological polar surface area (TPSA) is 29.5 Å². The van der Waals surface area contributed by atoms with E-state index in [2.05, 4.69) is 38.7 Å². The predicted octanol–water partition coefficient (Wildman–Crippen LogP) is 6.24. The third kappa shape index (κ3) is 4.71. The van der Waals surface area contributed by atoms with Crippen LogP contribution in [0.4, 0.5) is 0 Å². The lowest BCUT2D eigenvalue weighted by molar-refractivity contribution is 0.124. The molecule has 3 rings (SSSR count). The summed E-state index contributed by atoms with van der Waals surface area (Å²) >= 11 is 0. The minimum atomic E-state index is -0.326. The van der Waals surface area contributed by atoms with Gasteiger partial charge >= 0.3 is 0 Å². The molecule has 0 amide bonds. The molecule has 144 valence electrons. The summed E-state index contributed by atoms with van der Waals surface area (Å²) in [5, 5.41) is 10.5. The Morgan fingerprint density at radius 2 is 2.08 bits per heavy atom. The third-order valence-electron chi connectivity index (χ3n) is 6.56. The van der Waals surface area contributed by atoms with E-state index < -0.39 is 0 Å². The van der Waals surface area contributed by atoms with Crippen molar-refractivity contribution in [1.82, 2.24) is 0 Å². The Balaban J connectivity index is 1.48. The van der Waals surface area contributed by atoms with Crippen LogP contribution in [0.15, 0.2) is 47.3 Å². The molecule has 1 heterocycles. The van der Waals surface area contributed by atoms with E-state index in [0.717, 1.165) is 43.4 Å². The minimum absolute atomic E-state index is 0.245. The second kappa shape index (κ2) is 9.08. The quantitative estimate of drug-likeness (QED) is 0.547. The van der Waals surface area contributed by atoms with E-state index in [1.807, 2.05) is 0 Å². The van der Waals surface area contributed by atoms with Crippen LogP contribution in [0.1, 0.15) is 78.1 Å². The standard InChI is InChI=1S/C24H36O2/c1-17-10-7-8-14-22(17)24-16-21(19(3)26-24)13-9-15-23(25)18(2)20-11-5-4-6-12-20/h7,10,16,19-21,23,25H,2,4-6,8-9,11-15H2,1,3H3/t19?,21-,23?/m1/s1. The molecule has 1 aliphatic heterocycles. The molecule has 3 aliphatic rings. The van der Waals surface area contributed by atoms with Gasteiger partial charge in [0.1, 0.15) is 11.9 Å². The van der Waals surface area contributed by atoms with Crippen LogP contribution in [-0.2, 0) is 4.74 Å². The molecular weight excluding hydrogens is 320 g/mol. The zero-order valence-corrected chi connectivity index (χ0v) is 16.7. The van der Waals surface area contributed by atoms with Gasteiger partial charge in [0.2, 0.25) is 0 Å². The second-order valence-corrected chi connectivity index (χ2v) is 8.48. The number of hydrogen-bond acceptors (Lipinski definition) is 2. The maximum atomic E-state index is 10.5. The van der Waals surface area contributed by atoms with E-state index in [-0.39, 0.29) is 12.2 Å². The molecule has 1 N–H and O–H groups in total. The fraction of sp³-hybridized carbons (Fsp3) is 0.667. The molecule has 0 spiro atoms. The van der Waals surface area contributed by atoms with Gasteiger partial charge < -0.3 is 9.84 Å². The summed E-state index contributed by atoms with van der Waals surface area (Å²) in [6.07, 6.45) is 18.3. The van der Waals surface area contributed by atoms with Crippen molar-refractivity contribution in [2.45, 2.75) is 90.3 Å². The first-order chi connectivity index (χ1) is 12.6. The summed E-state index contributed by atoms with van der Waals surface area (Å²) < 4.78 is 6.17. The molecule has 26 heavy (non-hydrogen) atoms. The Hall–Kier alpha value is -1.28. The van der Waals surface area contributed by atoms with Gasteiger partial charge in [0.15, 0.2) is 0 Å². The highest BCUT2D eigenvalue weighted by Crippen LogP contribution is 2.36. The predicted molar refractivity (Wildman–Crippen MR) is 109 cm³/mol. The van der Waals surface area contributed by atoms with E-state index in [4.69, 9.17) is 4.74 Å². The Bertz CT molecular complexity index is 589. The Kier molecular flexibility index (Phi) is 6.80. The first-order valence-electron chi connectivity index (χ1n) is 10.7. The molecule has 1 fully saturated rings. The molecule has 0 saturated heterocycles. The van der Waals surface area contributed by atoms with Crippen LogP contribution in [0.2, 0.25) is 0 Å². The molecule has 2 heteroatoms. The summed E-state index contributed by atoms with van der Waals surface area (Å²) in [4.78, 5) is 0. The van der Waals surface area contributed by atoms with Crippen molar-refractivity contribution in [1.29, 1.82) is 0 Å². The van der Waals surface area contributed by atoms with Gasteiger partial charge in [0.05, 0.1) is 6.10 Å². The van der Waals surface area contributed by atoms with Gasteiger partial charge in [-0.1, -0.05) is 38.0 Å². The van der Waals surface area contributed by atoms with Crippen LogP contribution < -0.4 is 0 Å². The lowest BCUT2D eigenvalue weighted by Gasteiger charge is -2.27. The molecule has 3 atom stereocenters. The van der Waals surface area contributed by atoms with Gasteiger partial charge in [0.25, 0.3) is 0 Å². The first kappa shape index (κ1) is 19.5. The highest BCUT2D eigenvalue weighted by atomic mass is 16.5. The van der Waals surface area contributed by atoms with Crippen LogP contribution in [0, 0.1) is 11.8 Å². The normalized spacial score (nSPS) is 28.0. The lowest BCUT2D eigenvalue weighted by atomic mass is 9.81. The molecule has 0 aromatic rings. The SMILES string of the molecule is C=C(C(O)CCC[C@@H]1C=C(C2=C(C)C=CCC2)OC1C)C1CCCCC1.